The SMILES string of the molecule is NC1(C(=O)Nc2cccc(Cl)n2)CCOCC1. The number of anilines is 1. The van der Waals surface area contributed by atoms with Gasteiger partial charge in [0, 0.05) is 13.2 Å². The van der Waals surface area contributed by atoms with E-state index in [4.69, 9.17) is 22.1 Å². The van der Waals surface area contributed by atoms with Gasteiger partial charge in [0.05, 0.1) is 0 Å². The predicted octanol–water partition coefficient (Wildman–Crippen LogP) is 1.18. The van der Waals surface area contributed by atoms with E-state index >= 15 is 0 Å². The minimum atomic E-state index is -0.873. The molecule has 0 spiro atoms. The highest BCUT2D eigenvalue weighted by Crippen LogP contribution is 2.20. The molecule has 0 unspecified atom stereocenters. The Morgan fingerprint density at radius 3 is 2.82 bits per heavy atom. The van der Waals surface area contributed by atoms with E-state index in [0.717, 1.165) is 0 Å². The first kappa shape index (κ1) is 12.3. The largest absolute Gasteiger partial charge is 0.381 e. The second-order valence-electron chi connectivity index (χ2n) is 4.07. The maximum absolute atomic E-state index is 12.0. The van der Waals surface area contributed by atoms with E-state index in [1.807, 2.05) is 0 Å². The van der Waals surface area contributed by atoms with E-state index in [1.165, 1.54) is 0 Å². The molecule has 0 aliphatic carbocycles. The summed E-state index contributed by atoms with van der Waals surface area (Å²) >= 11 is 5.74. The van der Waals surface area contributed by atoms with E-state index in [0.29, 0.717) is 37.0 Å². The van der Waals surface area contributed by atoms with Gasteiger partial charge in [-0.15, -0.1) is 0 Å². The lowest BCUT2D eigenvalue weighted by Gasteiger charge is -2.31. The molecule has 1 aromatic rings. The molecule has 0 atom stereocenters. The van der Waals surface area contributed by atoms with Crippen LogP contribution in [0.4, 0.5) is 5.82 Å². The number of hydrogen-bond acceptors (Lipinski definition) is 4. The van der Waals surface area contributed by atoms with Gasteiger partial charge in [-0.1, -0.05) is 17.7 Å². The molecular formula is C11H14ClN3O2. The van der Waals surface area contributed by atoms with E-state index in [1.54, 1.807) is 18.2 Å². The Morgan fingerprint density at radius 1 is 1.47 bits per heavy atom. The number of nitrogens with zero attached hydrogens (tertiary/aromatic N) is 1. The number of carbonyl (C=O) groups excluding carboxylic acids is 1. The van der Waals surface area contributed by atoms with Crippen molar-refractivity contribution in [1.82, 2.24) is 4.98 Å². The number of hydrogen-bond donors (Lipinski definition) is 2. The van der Waals surface area contributed by atoms with Crippen molar-refractivity contribution >= 4 is 23.3 Å². The highest BCUT2D eigenvalue weighted by atomic mass is 35.5. The molecule has 0 bridgehead atoms. The Morgan fingerprint density at radius 2 is 2.18 bits per heavy atom. The number of ether oxygens (including phenoxy) is 1. The number of amides is 1. The molecule has 0 radical (unpaired) electrons. The second-order valence-corrected chi connectivity index (χ2v) is 4.46. The fourth-order valence-corrected chi connectivity index (χ4v) is 1.85. The van der Waals surface area contributed by atoms with Crippen LogP contribution in [0, 0.1) is 0 Å². The Balaban J connectivity index is 2.05. The Labute approximate surface area is 104 Å². The van der Waals surface area contributed by atoms with Gasteiger partial charge >= 0.3 is 0 Å². The minimum absolute atomic E-state index is 0.240. The summed E-state index contributed by atoms with van der Waals surface area (Å²) in [7, 11) is 0. The van der Waals surface area contributed by atoms with Crippen LogP contribution in [0.15, 0.2) is 18.2 Å². The third-order valence-corrected chi connectivity index (χ3v) is 3.00. The fourth-order valence-electron chi connectivity index (χ4n) is 1.68. The predicted molar refractivity (Wildman–Crippen MR) is 64.8 cm³/mol. The Hall–Kier alpha value is -1.17. The monoisotopic (exact) mass is 255 g/mol. The van der Waals surface area contributed by atoms with Crippen LogP contribution in [-0.4, -0.2) is 29.6 Å². The van der Waals surface area contributed by atoms with Crippen LogP contribution in [0.25, 0.3) is 0 Å². The summed E-state index contributed by atoms with van der Waals surface area (Å²) in [4.78, 5) is 16.0. The highest BCUT2D eigenvalue weighted by molar-refractivity contribution is 6.29. The third-order valence-electron chi connectivity index (χ3n) is 2.79. The molecule has 0 saturated carbocycles. The number of pyridine rings is 1. The first-order chi connectivity index (χ1) is 8.10. The van der Waals surface area contributed by atoms with Gasteiger partial charge in [0.2, 0.25) is 5.91 Å². The molecule has 1 amide bonds. The average Bonchev–Trinajstić information content (AvgIpc) is 2.30. The smallest absolute Gasteiger partial charge is 0.245 e. The summed E-state index contributed by atoms with van der Waals surface area (Å²) in [6, 6.07) is 5.04. The van der Waals surface area contributed by atoms with Crippen molar-refractivity contribution in [3.63, 3.8) is 0 Å². The summed E-state index contributed by atoms with van der Waals surface area (Å²) in [5.41, 5.74) is 5.16. The van der Waals surface area contributed by atoms with Crippen molar-refractivity contribution in [3.05, 3.63) is 23.4 Å². The van der Waals surface area contributed by atoms with Crippen molar-refractivity contribution in [2.45, 2.75) is 18.4 Å². The van der Waals surface area contributed by atoms with Gasteiger partial charge in [0.15, 0.2) is 0 Å². The lowest BCUT2D eigenvalue weighted by molar-refractivity contribution is -0.124. The number of carbonyl (C=O) groups is 1. The second kappa shape index (κ2) is 5.00. The van der Waals surface area contributed by atoms with E-state index in [-0.39, 0.29) is 5.91 Å². The van der Waals surface area contributed by atoms with Gasteiger partial charge in [-0.3, -0.25) is 4.79 Å². The van der Waals surface area contributed by atoms with Crippen LogP contribution in [0.2, 0.25) is 5.15 Å². The molecule has 0 aromatic carbocycles. The molecular weight excluding hydrogens is 242 g/mol. The normalized spacial score (nSPS) is 18.7. The number of halogens is 1. The number of aromatic nitrogens is 1. The summed E-state index contributed by atoms with van der Waals surface area (Å²) in [5.74, 6) is 0.175. The highest BCUT2D eigenvalue weighted by Gasteiger charge is 2.36. The van der Waals surface area contributed by atoms with Crippen LogP contribution < -0.4 is 11.1 Å². The quantitative estimate of drug-likeness (QED) is 0.778. The molecule has 1 aliphatic rings. The van der Waals surface area contributed by atoms with E-state index < -0.39 is 5.54 Å². The summed E-state index contributed by atoms with van der Waals surface area (Å²) in [6.07, 6.45) is 1.03. The minimum Gasteiger partial charge on any atom is -0.381 e. The number of rotatable bonds is 2. The average molecular weight is 256 g/mol. The molecule has 1 fully saturated rings. The Kier molecular flexibility index (Phi) is 3.61. The van der Waals surface area contributed by atoms with Crippen molar-refractivity contribution < 1.29 is 9.53 Å². The van der Waals surface area contributed by atoms with Crippen molar-refractivity contribution in [2.75, 3.05) is 18.5 Å². The zero-order valence-electron chi connectivity index (χ0n) is 9.28. The van der Waals surface area contributed by atoms with Gasteiger partial charge < -0.3 is 15.8 Å². The molecule has 1 saturated heterocycles. The number of nitrogens with two attached hydrogens (primary N) is 1. The molecule has 1 aliphatic heterocycles. The first-order valence-corrected chi connectivity index (χ1v) is 5.79. The summed E-state index contributed by atoms with van der Waals surface area (Å²) in [5, 5.41) is 3.01. The van der Waals surface area contributed by atoms with Gasteiger partial charge in [-0.05, 0) is 25.0 Å². The van der Waals surface area contributed by atoms with E-state index in [9.17, 15) is 4.79 Å². The maximum Gasteiger partial charge on any atom is 0.245 e. The van der Waals surface area contributed by atoms with Gasteiger partial charge in [-0.2, -0.15) is 0 Å². The molecule has 92 valence electrons. The Bertz CT molecular complexity index is 419. The molecule has 6 heteroatoms. The zero-order chi connectivity index (χ0) is 12.3. The first-order valence-electron chi connectivity index (χ1n) is 5.41. The topological polar surface area (TPSA) is 77.2 Å². The molecule has 3 N–H and O–H groups in total. The van der Waals surface area contributed by atoms with Gasteiger partial charge in [0.1, 0.15) is 16.5 Å². The van der Waals surface area contributed by atoms with Crippen molar-refractivity contribution in [3.8, 4) is 0 Å². The number of nitrogens with one attached hydrogen (secondary N) is 1. The van der Waals surface area contributed by atoms with Crippen LogP contribution in [0.5, 0.6) is 0 Å². The van der Waals surface area contributed by atoms with Crippen molar-refractivity contribution in [2.24, 2.45) is 5.73 Å². The molecule has 17 heavy (non-hydrogen) atoms. The third kappa shape index (κ3) is 2.94. The maximum atomic E-state index is 12.0. The molecule has 5 nitrogen and oxygen atoms in total. The van der Waals surface area contributed by atoms with Crippen LogP contribution >= 0.6 is 11.6 Å². The summed E-state index contributed by atoms with van der Waals surface area (Å²) < 4.78 is 5.19. The summed E-state index contributed by atoms with van der Waals surface area (Å²) in [6.45, 7) is 1.01. The van der Waals surface area contributed by atoms with Crippen LogP contribution in [0.3, 0.4) is 0 Å². The molecule has 2 heterocycles. The molecule has 1 aromatic heterocycles. The van der Waals surface area contributed by atoms with Crippen molar-refractivity contribution in [1.29, 1.82) is 0 Å². The van der Waals surface area contributed by atoms with Gasteiger partial charge in [0.25, 0.3) is 0 Å². The molecule has 2 rings (SSSR count). The lowest BCUT2D eigenvalue weighted by Crippen LogP contribution is -2.54. The van der Waals surface area contributed by atoms with Crippen LogP contribution in [0.1, 0.15) is 12.8 Å². The van der Waals surface area contributed by atoms with Crippen LogP contribution in [-0.2, 0) is 9.53 Å². The van der Waals surface area contributed by atoms with Gasteiger partial charge in [-0.25, -0.2) is 4.98 Å². The van der Waals surface area contributed by atoms with E-state index in [2.05, 4.69) is 10.3 Å². The zero-order valence-corrected chi connectivity index (χ0v) is 10.0. The standard InChI is InChI=1S/C11H14ClN3O2/c12-8-2-1-3-9(14-8)15-10(16)11(13)4-6-17-7-5-11/h1-3H,4-7,13H2,(H,14,15,16). The fraction of sp³-hybridized carbons (Fsp3) is 0.455. The lowest BCUT2D eigenvalue weighted by atomic mass is 9.90.